The number of carbonyl (C=O) groups is 2. The molecule has 0 radical (unpaired) electrons. The Bertz CT molecular complexity index is 1140. The molecule has 1 amide bonds. The van der Waals surface area contributed by atoms with Crippen LogP contribution in [0.3, 0.4) is 0 Å². The number of nitrogens with one attached hydrogen (secondary N) is 1. The van der Waals surface area contributed by atoms with E-state index in [1.165, 1.54) is 30.5 Å². The summed E-state index contributed by atoms with van der Waals surface area (Å²) >= 11 is 0. The smallest absolute Gasteiger partial charge is 0.337 e. The zero-order valence-corrected chi connectivity index (χ0v) is 15.1. The molecule has 2 aromatic carbocycles. The minimum Gasteiger partial charge on any atom is -0.478 e. The molecule has 3 rings (SSSR count). The first-order chi connectivity index (χ1) is 13.7. The van der Waals surface area contributed by atoms with Crippen LogP contribution in [0, 0.1) is 6.92 Å². The third-order valence-electron chi connectivity index (χ3n) is 4.20. The molecule has 0 saturated carbocycles. The number of anilines is 1. The maximum absolute atomic E-state index is 13.1. The van der Waals surface area contributed by atoms with Crippen LogP contribution in [0.15, 0.2) is 54.5 Å². The van der Waals surface area contributed by atoms with Crippen molar-refractivity contribution >= 4 is 34.5 Å². The molecule has 0 aliphatic carbocycles. The standard InChI is InChI=1S/C21H15F3N2O3/c1-11-6-12(7-17(22)19(23)24)2-5-16(11)20(27)26-15-4-3-13-8-14(21(28)29)10-25-18(13)9-15/h2-10,19H,1H3,(H,26,27)(H,28,29)/b17-7-. The van der Waals surface area contributed by atoms with Gasteiger partial charge in [0.05, 0.1) is 11.1 Å². The number of pyridine rings is 1. The molecule has 3 aromatic rings. The number of rotatable bonds is 5. The fourth-order valence-corrected chi connectivity index (χ4v) is 2.77. The van der Waals surface area contributed by atoms with Crippen molar-refractivity contribution in [3.63, 3.8) is 0 Å². The predicted molar refractivity (Wildman–Crippen MR) is 103 cm³/mol. The number of amides is 1. The number of halogens is 3. The van der Waals surface area contributed by atoms with Gasteiger partial charge in [-0.25, -0.2) is 18.0 Å². The Morgan fingerprint density at radius 3 is 2.55 bits per heavy atom. The first kappa shape index (κ1) is 20.1. The van der Waals surface area contributed by atoms with Crippen molar-refractivity contribution in [1.29, 1.82) is 0 Å². The predicted octanol–water partition coefficient (Wildman–Crippen LogP) is 5.07. The number of hydrogen-bond donors (Lipinski definition) is 2. The summed E-state index contributed by atoms with van der Waals surface area (Å²) in [5, 5.41) is 12.3. The van der Waals surface area contributed by atoms with Crippen molar-refractivity contribution in [2.45, 2.75) is 13.3 Å². The number of carboxylic acid groups (broad SMARTS) is 1. The van der Waals surface area contributed by atoms with E-state index < -0.39 is 24.1 Å². The van der Waals surface area contributed by atoms with Crippen molar-refractivity contribution in [2.24, 2.45) is 0 Å². The summed E-state index contributed by atoms with van der Waals surface area (Å²) in [6, 6.07) is 10.6. The van der Waals surface area contributed by atoms with Gasteiger partial charge in [-0.15, -0.1) is 0 Å². The molecule has 1 heterocycles. The van der Waals surface area contributed by atoms with Crippen molar-refractivity contribution in [3.05, 3.63) is 76.7 Å². The van der Waals surface area contributed by atoms with Gasteiger partial charge in [0.15, 0.2) is 5.83 Å². The highest BCUT2D eigenvalue weighted by Gasteiger charge is 2.13. The lowest BCUT2D eigenvalue weighted by Crippen LogP contribution is -2.13. The largest absolute Gasteiger partial charge is 0.478 e. The summed E-state index contributed by atoms with van der Waals surface area (Å²) in [6.07, 6.45) is -1.24. The number of aromatic nitrogens is 1. The van der Waals surface area contributed by atoms with E-state index in [9.17, 15) is 22.8 Å². The maximum Gasteiger partial charge on any atom is 0.337 e. The van der Waals surface area contributed by atoms with Gasteiger partial charge in [-0.2, -0.15) is 0 Å². The molecule has 0 fully saturated rings. The quantitative estimate of drug-likeness (QED) is 0.627. The van der Waals surface area contributed by atoms with Crippen LogP contribution in [0.4, 0.5) is 18.9 Å². The SMILES string of the molecule is Cc1cc(/C=C(\F)C(F)F)ccc1C(=O)Nc1ccc2cc(C(=O)O)cnc2c1. The highest BCUT2D eigenvalue weighted by atomic mass is 19.3. The number of aromatic carboxylic acids is 1. The normalized spacial score (nSPS) is 11.7. The van der Waals surface area contributed by atoms with Gasteiger partial charge in [0.25, 0.3) is 12.3 Å². The van der Waals surface area contributed by atoms with Crippen LogP contribution in [0.5, 0.6) is 0 Å². The molecule has 0 aliphatic rings. The summed E-state index contributed by atoms with van der Waals surface area (Å²) in [7, 11) is 0. The second-order valence-electron chi connectivity index (χ2n) is 6.30. The van der Waals surface area contributed by atoms with E-state index >= 15 is 0 Å². The van der Waals surface area contributed by atoms with E-state index in [-0.39, 0.29) is 11.1 Å². The Hall–Kier alpha value is -3.68. The number of carboxylic acids is 1. The second-order valence-corrected chi connectivity index (χ2v) is 6.30. The number of fused-ring (bicyclic) bond motifs is 1. The molecular weight excluding hydrogens is 385 g/mol. The lowest BCUT2D eigenvalue weighted by molar-refractivity contribution is 0.0696. The minimum absolute atomic E-state index is 0.0577. The van der Waals surface area contributed by atoms with Crippen LogP contribution in [-0.4, -0.2) is 28.4 Å². The Morgan fingerprint density at radius 1 is 1.14 bits per heavy atom. The van der Waals surface area contributed by atoms with Gasteiger partial charge in [0.1, 0.15) is 0 Å². The van der Waals surface area contributed by atoms with Gasteiger partial charge >= 0.3 is 5.97 Å². The molecule has 2 N–H and O–H groups in total. The zero-order valence-electron chi connectivity index (χ0n) is 15.1. The van der Waals surface area contributed by atoms with Crippen LogP contribution >= 0.6 is 0 Å². The fraction of sp³-hybridized carbons (Fsp3) is 0.0952. The van der Waals surface area contributed by atoms with Crippen molar-refractivity contribution < 1.29 is 27.9 Å². The molecule has 0 spiro atoms. The molecule has 148 valence electrons. The molecule has 5 nitrogen and oxygen atoms in total. The third-order valence-corrected chi connectivity index (χ3v) is 4.20. The number of nitrogens with zero attached hydrogens (tertiary/aromatic N) is 1. The van der Waals surface area contributed by atoms with Gasteiger partial charge in [0.2, 0.25) is 0 Å². The number of hydrogen-bond acceptors (Lipinski definition) is 3. The lowest BCUT2D eigenvalue weighted by Gasteiger charge is -2.09. The summed E-state index contributed by atoms with van der Waals surface area (Å²) in [5.74, 6) is -3.07. The van der Waals surface area contributed by atoms with Crippen LogP contribution in [0.2, 0.25) is 0 Å². The summed E-state index contributed by atoms with van der Waals surface area (Å²) < 4.78 is 37.7. The highest BCUT2D eigenvalue weighted by molar-refractivity contribution is 6.06. The Kier molecular flexibility index (Phi) is 5.63. The Balaban J connectivity index is 1.81. The average molecular weight is 400 g/mol. The van der Waals surface area contributed by atoms with Crippen molar-refractivity contribution in [1.82, 2.24) is 4.98 Å². The van der Waals surface area contributed by atoms with Crippen LogP contribution in [-0.2, 0) is 0 Å². The first-order valence-corrected chi connectivity index (χ1v) is 8.45. The Labute approximate surface area is 163 Å². The second kappa shape index (κ2) is 8.14. The summed E-state index contributed by atoms with van der Waals surface area (Å²) in [4.78, 5) is 27.6. The molecule has 0 unspecified atom stereocenters. The Morgan fingerprint density at radius 2 is 1.90 bits per heavy atom. The number of aryl methyl sites for hydroxylation is 1. The molecule has 8 heteroatoms. The molecular formula is C21H15F3N2O3. The molecule has 0 saturated heterocycles. The van der Waals surface area contributed by atoms with E-state index in [4.69, 9.17) is 5.11 Å². The number of allylic oxidation sites excluding steroid dienone is 1. The molecule has 29 heavy (non-hydrogen) atoms. The number of carbonyl (C=O) groups excluding carboxylic acids is 1. The van der Waals surface area contributed by atoms with E-state index in [1.54, 1.807) is 25.1 Å². The number of alkyl halides is 2. The lowest BCUT2D eigenvalue weighted by atomic mass is 10.0. The maximum atomic E-state index is 13.1. The van der Waals surface area contributed by atoms with Crippen LogP contribution in [0.25, 0.3) is 17.0 Å². The van der Waals surface area contributed by atoms with E-state index in [1.807, 2.05) is 0 Å². The molecule has 0 bridgehead atoms. The van der Waals surface area contributed by atoms with Crippen LogP contribution < -0.4 is 5.32 Å². The fourth-order valence-electron chi connectivity index (χ4n) is 2.77. The van der Waals surface area contributed by atoms with Gasteiger partial charge < -0.3 is 10.4 Å². The minimum atomic E-state index is -3.19. The van der Waals surface area contributed by atoms with E-state index in [0.717, 1.165) is 6.08 Å². The molecule has 0 atom stereocenters. The van der Waals surface area contributed by atoms with Gasteiger partial charge in [-0.05, 0) is 48.4 Å². The molecule has 0 aliphatic heterocycles. The van der Waals surface area contributed by atoms with Gasteiger partial charge in [-0.3, -0.25) is 9.78 Å². The monoisotopic (exact) mass is 400 g/mol. The topological polar surface area (TPSA) is 79.3 Å². The molecule has 1 aromatic heterocycles. The van der Waals surface area contributed by atoms with Crippen molar-refractivity contribution in [3.8, 4) is 0 Å². The first-order valence-electron chi connectivity index (χ1n) is 8.45. The van der Waals surface area contributed by atoms with Crippen molar-refractivity contribution in [2.75, 3.05) is 5.32 Å². The van der Waals surface area contributed by atoms with Crippen LogP contribution in [0.1, 0.15) is 31.8 Å². The van der Waals surface area contributed by atoms with E-state index in [0.29, 0.717) is 27.7 Å². The van der Waals surface area contributed by atoms with Gasteiger partial charge in [-0.1, -0.05) is 18.2 Å². The van der Waals surface area contributed by atoms with E-state index in [2.05, 4.69) is 10.3 Å². The zero-order chi connectivity index (χ0) is 21.1. The average Bonchev–Trinajstić information content (AvgIpc) is 2.67. The van der Waals surface area contributed by atoms with Gasteiger partial charge in [0, 0.05) is 22.8 Å². The highest BCUT2D eigenvalue weighted by Crippen LogP contribution is 2.21. The third kappa shape index (κ3) is 4.60. The summed E-state index contributed by atoms with van der Waals surface area (Å²) in [5.41, 5.74) is 2.03. The summed E-state index contributed by atoms with van der Waals surface area (Å²) in [6.45, 7) is 1.61. The number of benzene rings is 2.